The van der Waals surface area contributed by atoms with Crippen molar-refractivity contribution in [3.63, 3.8) is 0 Å². The Bertz CT molecular complexity index is 774. The standard InChI is InChI=1S/C23H31Cl2N3OS.ClH/c1-16(29)27(21-13-17(24)12-18(25)14-21)22-15-30-23(26-19-8-4-2-5-9-19)28(22)20-10-6-3-7-11-20;/h12-14,19-20,22H,2-11,15H2,1H3;1H. The first-order chi connectivity index (χ1) is 14.5. The molecule has 172 valence electrons. The lowest BCUT2D eigenvalue weighted by atomic mass is 9.94. The molecule has 1 unspecified atom stereocenters. The molecule has 4 nitrogen and oxygen atoms in total. The van der Waals surface area contributed by atoms with Crippen LogP contribution in [0.2, 0.25) is 10.0 Å². The highest BCUT2D eigenvalue weighted by atomic mass is 35.5. The molecule has 1 amide bonds. The molecular formula is C23H32Cl3N3OS. The van der Waals surface area contributed by atoms with Gasteiger partial charge < -0.3 is 4.90 Å². The molecule has 2 saturated carbocycles. The van der Waals surface area contributed by atoms with Crippen molar-refractivity contribution >= 4 is 64.1 Å². The Hall–Kier alpha value is -0.620. The van der Waals surface area contributed by atoms with Crippen LogP contribution in [0.1, 0.15) is 71.1 Å². The Morgan fingerprint density at radius 2 is 1.58 bits per heavy atom. The number of hydrogen-bond acceptors (Lipinski definition) is 3. The van der Waals surface area contributed by atoms with E-state index in [0.717, 1.165) is 16.6 Å². The van der Waals surface area contributed by atoms with Gasteiger partial charge in [0.1, 0.15) is 6.17 Å². The molecule has 4 rings (SSSR count). The number of anilines is 1. The summed E-state index contributed by atoms with van der Waals surface area (Å²) in [4.78, 5) is 22.4. The average molecular weight is 505 g/mol. The number of hydrogen-bond donors (Lipinski definition) is 0. The molecule has 0 spiro atoms. The van der Waals surface area contributed by atoms with E-state index in [1.54, 1.807) is 13.0 Å². The van der Waals surface area contributed by atoms with Crippen LogP contribution in [-0.2, 0) is 4.79 Å². The van der Waals surface area contributed by atoms with Gasteiger partial charge in [-0.2, -0.15) is 0 Å². The summed E-state index contributed by atoms with van der Waals surface area (Å²) in [7, 11) is 0. The summed E-state index contributed by atoms with van der Waals surface area (Å²) in [5, 5.41) is 2.24. The Morgan fingerprint density at radius 1 is 1.00 bits per heavy atom. The van der Waals surface area contributed by atoms with Crippen LogP contribution in [0.4, 0.5) is 5.69 Å². The summed E-state index contributed by atoms with van der Waals surface area (Å²) in [6.07, 6.45) is 12.4. The lowest BCUT2D eigenvalue weighted by Gasteiger charge is -2.41. The molecule has 0 N–H and O–H groups in total. The molecule has 31 heavy (non-hydrogen) atoms. The Labute approximate surface area is 206 Å². The van der Waals surface area contributed by atoms with Crippen molar-refractivity contribution in [2.45, 2.75) is 89.4 Å². The van der Waals surface area contributed by atoms with E-state index >= 15 is 0 Å². The largest absolute Gasteiger partial charge is 0.327 e. The summed E-state index contributed by atoms with van der Waals surface area (Å²) >= 11 is 14.4. The number of carbonyl (C=O) groups excluding carboxylic acids is 1. The average Bonchev–Trinajstić information content (AvgIpc) is 3.11. The predicted octanol–water partition coefficient (Wildman–Crippen LogP) is 7.16. The Kier molecular flexibility index (Phi) is 9.27. The number of benzene rings is 1. The lowest BCUT2D eigenvalue weighted by Crippen LogP contribution is -2.54. The van der Waals surface area contributed by atoms with Gasteiger partial charge in [0.05, 0.1) is 6.04 Å². The number of halogens is 3. The maximum atomic E-state index is 12.8. The molecule has 0 bridgehead atoms. The SMILES string of the molecule is CC(=O)N(c1cc(Cl)cc(Cl)c1)C1CSC(=NC2CCCCC2)N1C1CCCCC1.Cl. The van der Waals surface area contributed by atoms with Crippen LogP contribution in [0, 0.1) is 0 Å². The van der Waals surface area contributed by atoms with Gasteiger partial charge in [0, 0.05) is 34.5 Å². The molecule has 1 saturated heterocycles. The third kappa shape index (κ3) is 6.04. The fourth-order valence-electron chi connectivity index (χ4n) is 5.10. The van der Waals surface area contributed by atoms with Gasteiger partial charge in [-0.1, -0.05) is 73.5 Å². The van der Waals surface area contributed by atoms with E-state index in [9.17, 15) is 4.79 Å². The quantitative estimate of drug-likeness (QED) is 0.436. The predicted molar refractivity (Wildman–Crippen MR) is 136 cm³/mol. The van der Waals surface area contributed by atoms with E-state index in [2.05, 4.69) is 4.90 Å². The number of amides is 1. The molecule has 1 atom stereocenters. The van der Waals surface area contributed by atoms with Crippen LogP contribution in [0.25, 0.3) is 0 Å². The van der Waals surface area contributed by atoms with Crippen LogP contribution in [0.15, 0.2) is 23.2 Å². The highest BCUT2D eigenvalue weighted by molar-refractivity contribution is 8.14. The van der Waals surface area contributed by atoms with Crippen molar-refractivity contribution in [3.8, 4) is 0 Å². The second kappa shape index (κ2) is 11.5. The van der Waals surface area contributed by atoms with E-state index in [-0.39, 0.29) is 24.5 Å². The molecule has 3 fully saturated rings. The first-order valence-corrected chi connectivity index (χ1v) is 13.0. The van der Waals surface area contributed by atoms with Crippen molar-refractivity contribution in [1.29, 1.82) is 0 Å². The van der Waals surface area contributed by atoms with Gasteiger partial charge in [0.15, 0.2) is 5.17 Å². The maximum absolute atomic E-state index is 12.8. The molecule has 0 aromatic heterocycles. The third-order valence-electron chi connectivity index (χ3n) is 6.50. The van der Waals surface area contributed by atoms with Crippen molar-refractivity contribution < 1.29 is 4.79 Å². The van der Waals surface area contributed by atoms with Gasteiger partial charge in [-0.05, 0) is 43.9 Å². The molecule has 1 aromatic carbocycles. The monoisotopic (exact) mass is 503 g/mol. The number of carbonyl (C=O) groups is 1. The van der Waals surface area contributed by atoms with Crippen LogP contribution < -0.4 is 4.90 Å². The first-order valence-electron chi connectivity index (χ1n) is 11.3. The van der Waals surface area contributed by atoms with Crippen LogP contribution in [-0.4, -0.2) is 40.0 Å². The van der Waals surface area contributed by atoms with Crippen molar-refractivity contribution in [1.82, 2.24) is 4.90 Å². The second-order valence-corrected chi connectivity index (χ2v) is 10.6. The normalized spacial score (nSPS) is 24.3. The van der Waals surface area contributed by atoms with E-state index in [0.29, 0.717) is 22.1 Å². The zero-order valence-electron chi connectivity index (χ0n) is 18.1. The summed E-state index contributed by atoms with van der Waals surface area (Å²) in [6.45, 7) is 1.63. The minimum atomic E-state index is -0.0486. The van der Waals surface area contributed by atoms with Gasteiger partial charge in [-0.25, -0.2) is 0 Å². The van der Waals surface area contributed by atoms with Crippen molar-refractivity contribution in [2.24, 2.45) is 4.99 Å². The van der Waals surface area contributed by atoms with E-state index < -0.39 is 0 Å². The smallest absolute Gasteiger partial charge is 0.225 e. The molecule has 1 heterocycles. The molecule has 3 aliphatic rings. The first kappa shape index (κ1) is 25.0. The van der Waals surface area contributed by atoms with Crippen molar-refractivity contribution in [3.05, 3.63) is 28.2 Å². The Morgan fingerprint density at radius 3 is 2.16 bits per heavy atom. The third-order valence-corrected chi connectivity index (χ3v) is 7.98. The fourth-order valence-corrected chi connectivity index (χ4v) is 6.87. The minimum Gasteiger partial charge on any atom is -0.327 e. The molecule has 1 aromatic rings. The van der Waals surface area contributed by atoms with Gasteiger partial charge >= 0.3 is 0 Å². The van der Waals surface area contributed by atoms with Gasteiger partial charge in [-0.3, -0.25) is 14.7 Å². The van der Waals surface area contributed by atoms with Gasteiger partial charge in [-0.15, -0.1) is 12.4 Å². The second-order valence-electron chi connectivity index (χ2n) is 8.71. The highest BCUT2D eigenvalue weighted by Crippen LogP contribution is 2.38. The molecule has 8 heteroatoms. The summed E-state index contributed by atoms with van der Waals surface area (Å²) in [6, 6.07) is 6.27. The highest BCUT2D eigenvalue weighted by Gasteiger charge is 2.41. The number of nitrogens with zero attached hydrogens (tertiary/aromatic N) is 3. The maximum Gasteiger partial charge on any atom is 0.225 e. The van der Waals surface area contributed by atoms with Crippen molar-refractivity contribution in [2.75, 3.05) is 10.7 Å². The van der Waals surface area contributed by atoms with Crippen LogP contribution in [0.5, 0.6) is 0 Å². The van der Waals surface area contributed by atoms with Gasteiger partial charge in [0.2, 0.25) is 5.91 Å². The van der Waals surface area contributed by atoms with E-state index in [4.69, 9.17) is 28.2 Å². The zero-order valence-corrected chi connectivity index (χ0v) is 21.2. The minimum absolute atomic E-state index is 0. The van der Waals surface area contributed by atoms with E-state index in [1.807, 2.05) is 28.8 Å². The lowest BCUT2D eigenvalue weighted by molar-refractivity contribution is -0.117. The molecule has 1 aliphatic heterocycles. The number of amidine groups is 1. The number of thioether (sulfide) groups is 1. The molecular weight excluding hydrogens is 473 g/mol. The topological polar surface area (TPSA) is 35.9 Å². The summed E-state index contributed by atoms with van der Waals surface area (Å²) in [5.41, 5.74) is 0.769. The zero-order chi connectivity index (χ0) is 21.1. The van der Waals surface area contributed by atoms with Crippen LogP contribution in [0.3, 0.4) is 0 Å². The molecule has 2 aliphatic carbocycles. The Balaban J connectivity index is 0.00000272. The number of aliphatic imine (C=N–C) groups is 1. The summed E-state index contributed by atoms with van der Waals surface area (Å²) < 4.78 is 0. The molecule has 0 radical (unpaired) electrons. The van der Waals surface area contributed by atoms with Crippen LogP contribution >= 0.6 is 47.4 Å². The fraction of sp³-hybridized carbons (Fsp3) is 0.652. The number of rotatable bonds is 4. The van der Waals surface area contributed by atoms with Gasteiger partial charge in [0.25, 0.3) is 0 Å². The summed E-state index contributed by atoms with van der Waals surface area (Å²) in [5.74, 6) is 0.838. The van der Waals surface area contributed by atoms with E-state index in [1.165, 1.54) is 64.2 Å².